The largest absolute Gasteiger partial charge is 0.472 e. The van der Waals surface area contributed by atoms with E-state index in [2.05, 4.69) is 43.4 Å². The van der Waals surface area contributed by atoms with Gasteiger partial charge in [0, 0.05) is 31.1 Å². The summed E-state index contributed by atoms with van der Waals surface area (Å²) >= 11 is 0. The average molecular weight is 1080 g/mol. The van der Waals surface area contributed by atoms with Gasteiger partial charge in [-0.1, -0.05) is 139 Å². The fraction of sp³-hybridized carbons (Fsp3) is 0.769. The molecule has 1 heterocycles. The molecule has 0 saturated heterocycles. The Balaban J connectivity index is 2.22. The Labute approximate surface area is 433 Å². The van der Waals surface area contributed by atoms with Crippen LogP contribution in [0.25, 0.3) is 0 Å². The van der Waals surface area contributed by atoms with Crippen LogP contribution in [0.5, 0.6) is 0 Å². The van der Waals surface area contributed by atoms with Crippen molar-refractivity contribution in [1.82, 2.24) is 0 Å². The number of aliphatic hydroxyl groups excluding tert-OH is 7. The first kappa shape index (κ1) is 66.7. The molecule has 0 amide bonds. The van der Waals surface area contributed by atoms with E-state index >= 15 is 0 Å². The third kappa shape index (κ3) is 29.6. The van der Waals surface area contributed by atoms with Crippen LogP contribution in [0.1, 0.15) is 168 Å². The molecule has 1 saturated carbocycles. The van der Waals surface area contributed by atoms with E-state index in [1.165, 1.54) is 37.8 Å². The lowest BCUT2D eigenvalue weighted by atomic mass is 9.83. The molecule has 73 heavy (non-hydrogen) atoms. The Morgan fingerprint density at radius 3 is 2.03 bits per heavy atom. The highest BCUT2D eigenvalue weighted by molar-refractivity contribution is 7.47. The molecular formula is C52H90O19P2. The van der Waals surface area contributed by atoms with Crippen LogP contribution in [0.3, 0.4) is 0 Å². The van der Waals surface area contributed by atoms with E-state index in [0.717, 1.165) is 70.3 Å². The van der Waals surface area contributed by atoms with Gasteiger partial charge in [-0.15, -0.1) is 0 Å². The molecule has 19 nitrogen and oxygen atoms in total. The number of phosphoric ester groups is 2. The minimum Gasteiger partial charge on any atom is -0.462 e. The molecule has 1 fully saturated rings. The first-order valence-corrected chi connectivity index (χ1v) is 29.6. The summed E-state index contributed by atoms with van der Waals surface area (Å²) in [6.45, 7) is 2.56. The number of cyclic esters (lactones) is 1. The first-order chi connectivity index (χ1) is 34.8. The van der Waals surface area contributed by atoms with Crippen LogP contribution in [0, 0.1) is 11.8 Å². The van der Waals surface area contributed by atoms with Gasteiger partial charge in [0.2, 0.25) is 0 Å². The maximum absolute atomic E-state index is 13.8. The number of hydrogen-bond donors (Lipinski definition) is 10. The molecule has 0 aromatic carbocycles. The molecule has 1 aliphatic carbocycles. The van der Waals surface area contributed by atoms with E-state index in [4.69, 9.17) is 23.0 Å². The SMILES string of the molecule is CCCCCC/C=C\C/C=C\C/C=C\CCCCCCCCC(=O)O[C@@H]1COC(=O)CCC/C=C/C[C@@H]2[C@@H](O)[C@H](O)[C@@H](O)[C@H](OP(=O)(O)OC1)[C@H](OP(=O)(O)O)[C@H](O)[C@@H](/C=C/[C@@H](O)CCCCC)[C@H](O)C[C@@H]2O. The third-order valence-electron chi connectivity index (χ3n) is 12.9. The van der Waals surface area contributed by atoms with Crippen LogP contribution in [-0.4, -0.2) is 137 Å². The van der Waals surface area contributed by atoms with Crippen LogP contribution in [-0.2, 0) is 41.8 Å². The van der Waals surface area contributed by atoms with Gasteiger partial charge in [0.25, 0.3) is 0 Å². The predicted octanol–water partition coefficient (Wildman–Crippen LogP) is 7.39. The maximum Gasteiger partial charge on any atom is 0.472 e. The van der Waals surface area contributed by atoms with Gasteiger partial charge in [0.1, 0.15) is 31.0 Å². The fourth-order valence-electron chi connectivity index (χ4n) is 8.61. The second kappa shape index (κ2) is 38.2. The zero-order valence-corrected chi connectivity index (χ0v) is 44.9. The summed E-state index contributed by atoms with van der Waals surface area (Å²) in [7, 11) is -11.5. The second-order valence-corrected chi connectivity index (χ2v) is 21.8. The summed E-state index contributed by atoms with van der Waals surface area (Å²) < 4.78 is 52.4. The lowest BCUT2D eigenvalue weighted by Crippen LogP contribution is -2.56. The Hall–Kier alpha value is -2.42. The quantitative estimate of drug-likeness (QED) is 0.0166. The van der Waals surface area contributed by atoms with Crippen molar-refractivity contribution in [3.63, 3.8) is 0 Å². The lowest BCUT2D eigenvalue weighted by Gasteiger charge is -2.38. The lowest BCUT2D eigenvalue weighted by molar-refractivity contribution is -0.165. The van der Waals surface area contributed by atoms with Gasteiger partial charge in [0.05, 0.1) is 37.1 Å². The van der Waals surface area contributed by atoms with Crippen LogP contribution < -0.4 is 0 Å². The second-order valence-electron chi connectivity index (χ2n) is 19.2. The Bertz CT molecular complexity index is 1750. The molecule has 10 N–H and O–H groups in total. The van der Waals surface area contributed by atoms with E-state index in [0.29, 0.717) is 25.7 Å². The number of fused-ring (bicyclic) bond motifs is 4. The van der Waals surface area contributed by atoms with Crippen molar-refractivity contribution in [2.75, 3.05) is 13.2 Å². The standard InChI is InChI=1S/C52H90O19P2/c1-3-5-7-8-9-10-11-12-13-14-15-16-17-18-19-20-21-22-23-29-33-46(57)69-40-37-67-45(56)32-28-25-24-27-31-41-43(54)36-44(55)42(35-34-39(53)30-26-6-4-2)48(59)51(70-72(62,63)64)52(50(61)49(60)47(41)58)71-73(65,66)68-38-40/h10-11,13-14,16-17,24,27,34-35,39-44,47-55,58-61H,3-9,12,15,18-23,25-26,28-33,36-38H2,1-2H3,(H,65,66)(H2,62,63,64)/b11-10-,14-13-,17-16-,27-24+,35-34+/t39-,40+,41-,42-,43-,44+,47+,48+,49-,50+,51+,52-/m0/s1. The van der Waals surface area contributed by atoms with Crippen LogP contribution in [0.2, 0.25) is 0 Å². The van der Waals surface area contributed by atoms with E-state index in [9.17, 15) is 69.1 Å². The molecule has 2 bridgehead atoms. The highest BCUT2D eigenvalue weighted by Crippen LogP contribution is 2.50. The van der Waals surface area contributed by atoms with Gasteiger partial charge >= 0.3 is 27.6 Å². The van der Waals surface area contributed by atoms with Crippen molar-refractivity contribution in [3.8, 4) is 0 Å². The van der Waals surface area contributed by atoms with Crippen LogP contribution in [0.4, 0.5) is 0 Å². The van der Waals surface area contributed by atoms with Crippen molar-refractivity contribution < 1.29 is 92.2 Å². The number of hydrogen-bond acceptors (Lipinski definition) is 16. The summed E-state index contributed by atoms with van der Waals surface area (Å²) in [5.74, 6) is -4.55. The molecule has 1 aliphatic heterocycles. The number of carbonyl (C=O) groups is 2. The topological polar surface area (TPSA) is 317 Å². The first-order valence-electron chi connectivity index (χ1n) is 26.6. The fourth-order valence-corrected chi connectivity index (χ4v) is 10.1. The molecule has 0 radical (unpaired) electrons. The van der Waals surface area contributed by atoms with E-state index < -0.39 is 120 Å². The summed E-state index contributed by atoms with van der Waals surface area (Å²) in [6, 6.07) is 0. The smallest absolute Gasteiger partial charge is 0.462 e. The van der Waals surface area contributed by atoms with Gasteiger partial charge in [-0.05, 0) is 70.6 Å². The van der Waals surface area contributed by atoms with E-state index in [1.54, 1.807) is 6.08 Å². The molecule has 2 rings (SSSR count). The highest BCUT2D eigenvalue weighted by atomic mass is 31.2. The summed E-state index contributed by atoms with van der Waals surface area (Å²) in [6.07, 6.45) is 13.7. The average Bonchev–Trinajstić information content (AvgIpc) is 3.33. The number of carbonyl (C=O) groups excluding carboxylic acids is 2. The molecule has 13 atom stereocenters. The van der Waals surface area contributed by atoms with Gasteiger partial charge in [-0.2, -0.15) is 0 Å². The van der Waals surface area contributed by atoms with Crippen molar-refractivity contribution in [2.24, 2.45) is 11.8 Å². The van der Waals surface area contributed by atoms with Gasteiger partial charge < -0.3 is 59.9 Å². The normalized spacial score (nSPS) is 30.8. The molecular weight excluding hydrogens is 991 g/mol. The predicted molar refractivity (Wildman–Crippen MR) is 275 cm³/mol. The minimum absolute atomic E-state index is 0.0459. The number of esters is 2. The van der Waals surface area contributed by atoms with Crippen molar-refractivity contribution >= 4 is 27.6 Å². The molecule has 0 spiro atoms. The molecule has 0 aromatic heterocycles. The molecule has 0 aromatic rings. The van der Waals surface area contributed by atoms with Crippen molar-refractivity contribution in [2.45, 2.75) is 229 Å². The monoisotopic (exact) mass is 1080 g/mol. The zero-order valence-electron chi connectivity index (χ0n) is 43.1. The zero-order chi connectivity index (χ0) is 54.1. The van der Waals surface area contributed by atoms with E-state index in [1.807, 2.05) is 6.92 Å². The Kier molecular flexibility index (Phi) is 34.9. The number of phosphoric acid groups is 2. The van der Waals surface area contributed by atoms with Gasteiger partial charge in [-0.3, -0.25) is 23.2 Å². The third-order valence-corrected chi connectivity index (χ3v) is 14.4. The number of allylic oxidation sites excluding steroid dienone is 8. The number of ether oxygens (including phenoxy) is 2. The number of rotatable bonds is 27. The molecule has 21 heteroatoms. The van der Waals surface area contributed by atoms with Crippen molar-refractivity contribution in [3.05, 3.63) is 60.8 Å². The number of aliphatic hydroxyl groups is 7. The maximum atomic E-state index is 13.8. The van der Waals surface area contributed by atoms with Gasteiger partial charge in [0.15, 0.2) is 6.10 Å². The van der Waals surface area contributed by atoms with Gasteiger partial charge in [-0.25, -0.2) is 9.13 Å². The minimum atomic E-state index is -5.77. The molecule has 1 unspecified atom stereocenters. The molecule has 422 valence electrons. The Morgan fingerprint density at radius 2 is 1.38 bits per heavy atom. The summed E-state index contributed by atoms with van der Waals surface area (Å²) in [4.78, 5) is 56.9. The van der Waals surface area contributed by atoms with Crippen LogP contribution >= 0.6 is 15.6 Å². The summed E-state index contributed by atoms with van der Waals surface area (Å²) in [5, 5.41) is 79.9. The summed E-state index contributed by atoms with van der Waals surface area (Å²) in [5.41, 5.74) is 0. The highest BCUT2D eigenvalue weighted by Gasteiger charge is 2.51. The van der Waals surface area contributed by atoms with Crippen molar-refractivity contribution in [1.29, 1.82) is 0 Å². The number of unbranched alkanes of at least 4 members (excludes halogenated alkanes) is 12. The van der Waals surface area contributed by atoms with Crippen LogP contribution in [0.15, 0.2) is 60.8 Å². The van der Waals surface area contributed by atoms with E-state index in [-0.39, 0.29) is 32.1 Å². The molecule has 2 aliphatic rings. The Morgan fingerprint density at radius 1 is 0.781 bits per heavy atom.